The van der Waals surface area contributed by atoms with Crippen LogP contribution in [0.4, 0.5) is 0 Å². The van der Waals surface area contributed by atoms with Crippen LogP contribution in [0, 0.1) is 11.3 Å². The van der Waals surface area contributed by atoms with Crippen LogP contribution >= 0.6 is 0 Å². The highest BCUT2D eigenvalue weighted by Gasteiger charge is 2.58. The smallest absolute Gasteiger partial charge is 0.223 e. The van der Waals surface area contributed by atoms with E-state index in [1.54, 1.807) is 0 Å². The lowest BCUT2D eigenvalue weighted by Crippen LogP contribution is -2.37. The molecule has 6 heteroatoms. The maximum Gasteiger partial charge on any atom is 0.223 e. The summed E-state index contributed by atoms with van der Waals surface area (Å²) in [5.41, 5.74) is 5.12. The summed E-state index contributed by atoms with van der Waals surface area (Å²) in [6.45, 7) is 4.62. The molecule has 0 bridgehead atoms. The average Bonchev–Trinajstić information content (AvgIpc) is 3.16. The number of likely N-dealkylation sites (tertiary alicyclic amines) is 1. The van der Waals surface area contributed by atoms with Crippen LogP contribution in [0.3, 0.4) is 0 Å². The van der Waals surface area contributed by atoms with E-state index in [-0.39, 0.29) is 17.2 Å². The molecule has 2 fully saturated rings. The van der Waals surface area contributed by atoms with Crippen molar-refractivity contribution >= 4 is 16.9 Å². The fourth-order valence-electron chi connectivity index (χ4n) is 5.86. The van der Waals surface area contributed by atoms with E-state index in [9.17, 15) is 4.79 Å². The highest BCUT2D eigenvalue weighted by Crippen LogP contribution is 2.59. The van der Waals surface area contributed by atoms with Crippen LogP contribution in [0.1, 0.15) is 36.2 Å². The van der Waals surface area contributed by atoms with Gasteiger partial charge in [0, 0.05) is 38.9 Å². The molecule has 3 aromatic rings. The maximum absolute atomic E-state index is 12.8. The van der Waals surface area contributed by atoms with Crippen LogP contribution in [-0.2, 0) is 31.2 Å². The number of piperidine rings is 1. The molecule has 1 amide bonds. The largest absolute Gasteiger partial charge is 0.493 e. The second-order valence-electron chi connectivity index (χ2n) is 10.1. The summed E-state index contributed by atoms with van der Waals surface area (Å²) in [7, 11) is 2.05. The number of nitrogens with zero attached hydrogens (tertiary/aromatic N) is 3. The lowest BCUT2D eigenvalue weighted by molar-refractivity contribution is -0.123. The van der Waals surface area contributed by atoms with Crippen molar-refractivity contribution in [1.82, 2.24) is 19.8 Å². The van der Waals surface area contributed by atoms with Gasteiger partial charge in [0.05, 0.1) is 17.6 Å². The lowest BCUT2D eigenvalue weighted by atomic mass is 9.90. The number of amides is 1. The van der Waals surface area contributed by atoms with Crippen LogP contribution < -0.4 is 10.1 Å². The number of hydrogen-bond acceptors (Lipinski definition) is 4. The predicted octanol–water partition coefficient (Wildman–Crippen LogP) is 3.47. The Morgan fingerprint density at radius 1 is 1.21 bits per heavy atom. The Bertz CT molecular complexity index is 1190. The molecule has 1 spiro atoms. The summed E-state index contributed by atoms with van der Waals surface area (Å²) in [5.74, 6) is 2.51. The number of fused-ring (bicyclic) bond motifs is 2. The summed E-state index contributed by atoms with van der Waals surface area (Å²) >= 11 is 0. The number of carbonyl (C=O) groups excluding carboxylic acids is 1. The monoisotopic (exact) mass is 444 g/mol. The molecular weight excluding hydrogens is 412 g/mol. The number of ether oxygens (including phenoxy) is 1. The molecule has 172 valence electrons. The first kappa shape index (κ1) is 20.7. The Morgan fingerprint density at radius 2 is 2.06 bits per heavy atom. The Balaban J connectivity index is 0.979. The van der Waals surface area contributed by atoms with Gasteiger partial charge in [-0.15, -0.1) is 0 Å². The van der Waals surface area contributed by atoms with Gasteiger partial charge >= 0.3 is 0 Å². The van der Waals surface area contributed by atoms with E-state index < -0.39 is 0 Å². The van der Waals surface area contributed by atoms with E-state index in [0.717, 1.165) is 81.0 Å². The van der Waals surface area contributed by atoms with E-state index >= 15 is 0 Å². The van der Waals surface area contributed by atoms with Crippen LogP contribution in [0.25, 0.3) is 11.0 Å². The molecule has 1 saturated carbocycles. The first-order valence-electron chi connectivity index (χ1n) is 12.3. The summed E-state index contributed by atoms with van der Waals surface area (Å²) < 4.78 is 7.76. The van der Waals surface area contributed by atoms with Gasteiger partial charge in [-0.2, -0.15) is 0 Å². The van der Waals surface area contributed by atoms with Gasteiger partial charge in [0.25, 0.3) is 0 Å². The van der Waals surface area contributed by atoms with Crippen LogP contribution in [0.2, 0.25) is 0 Å². The number of nitrogens with one attached hydrogen (secondary N) is 1. The number of aromatic nitrogens is 2. The Kier molecular flexibility index (Phi) is 5.13. The molecule has 6 rings (SSSR count). The Morgan fingerprint density at radius 3 is 2.91 bits per heavy atom. The molecule has 3 heterocycles. The molecule has 0 radical (unpaired) electrons. The molecule has 1 saturated heterocycles. The van der Waals surface area contributed by atoms with Gasteiger partial charge in [-0.05, 0) is 67.1 Å². The normalized spacial score (nSPS) is 21.2. The molecule has 2 aliphatic heterocycles. The van der Waals surface area contributed by atoms with Gasteiger partial charge in [0.15, 0.2) is 0 Å². The molecule has 1 N–H and O–H groups in total. The van der Waals surface area contributed by atoms with Gasteiger partial charge in [-0.1, -0.05) is 24.3 Å². The second-order valence-corrected chi connectivity index (χ2v) is 10.1. The minimum absolute atomic E-state index is 0.192. The average molecular weight is 445 g/mol. The molecule has 1 unspecified atom stereocenters. The van der Waals surface area contributed by atoms with Gasteiger partial charge in [-0.3, -0.25) is 9.69 Å². The second kappa shape index (κ2) is 8.17. The Hall–Kier alpha value is -2.86. The van der Waals surface area contributed by atoms with Crippen LogP contribution in [0.15, 0.2) is 42.5 Å². The third-order valence-electron chi connectivity index (χ3n) is 8.05. The van der Waals surface area contributed by atoms with E-state index in [0.29, 0.717) is 6.54 Å². The van der Waals surface area contributed by atoms with Crippen molar-refractivity contribution in [2.45, 2.75) is 38.6 Å². The standard InChI is InChI=1S/C27H32N4O2/c1-30-23-5-3-2-4-22(23)29-25(30)8-12-28-26(32)21-17-27(21)10-13-31(14-11-27)18-19-6-7-24-20(16-19)9-15-33-24/h2-7,16,21H,8-15,17-18H2,1H3,(H,28,32). The zero-order valence-electron chi connectivity index (χ0n) is 19.3. The first-order valence-corrected chi connectivity index (χ1v) is 12.3. The first-order chi connectivity index (χ1) is 16.1. The molecule has 1 atom stereocenters. The topological polar surface area (TPSA) is 59.4 Å². The highest BCUT2D eigenvalue weighted by atomic mass is 16.5. The molecule has 2 aromatic carbocycles. The highest BCUT2D eigenvalue weighted by molar-refractivity contribution is 5.82. The third-order valence-corrected chi connectivity index (χ3v) is 8.05. The number of imidazole rings is 1. The maximum atomic E-state index is 12.8. The van der Waals surface area contributed by atoms with E-state index in [1.165, 1.54) is 11.1 Å². The molecule has 6 nitrogen and oxygen atoms in total. The molecule has 3 aliphatic rings. The van der Waals surface area contributed by atoms with E-state index in [2.05, 4.69) is 39.0 Å². The van der Waals surface area contributed by atoms with Crippen molar-refractivity contribution in [3.8, 4) is 5.75 Å². The van der Waals surface area contributed by atoms with Gasteiger partial charge < -0.3 is 14.6 Å². The zero-order valence-corrected chi connectivity index (χ0v) is 19.3. The molecule has 1 aromatic heterocycles. The summed E-state index contributed by atoms with van der Waals surface area (Å²) in [6, 6.07) is 14.8. The lowest BCUT2D eigenvalue weighted by Gasteiger charge is -2.33. The zero-order chi connectivity index (χ0) is 22.4. The van der Waals surface area contributed by atoms with Crippen molar-refractivity contribution in [3.05, 3.63) is 59.4 Å². The minimum Gasteiger partial charge on any atom is -0.493 e. The predicted molar refractivity (Wildman–Crippen MR) is 128 cm³/mol. The van der Waals surface area contributed by atoms with Gasteiger partial charge in [-0.25, -0.2) is 4.98 Å². The van der Waals surface area contributed by atoms with Gasteiger partial charge in [0.2, 0.25) is 5.91 Å². The summed E-state index contributed by atoms with van der Waals surface area (Å²) in [6.07, 6.45) is 5.10. The van der Waals surface area contributed by atoms with E-state index in [4.69, 9.17) is 9.72 Å². The van der Waals surface area contributed by atoms with Crippen molar-refractivity contribution in [2.24, 2.45) is 18.4 Å². The number of hydrogen-bond donors (Lipinski definition) is 1. The van der Waals surface area contributed by atoms with Crippen molar-refractivity contribution in [2.75, 3.05) is 26.2 Å². The fraction of sp³-hybridized carbons (Fsp3) is 0.481. The number of benzene rings is 2. The molecule has 33 heavy (non-hydrogen) atoms. The molecule has 1 aliphatic carbocycles. The number of para-hydroxylation sites is 2. The number of rotatable bonds is 6. The van der Waals surface area contributed by atoms with Gasteiger partial charge in [0.1, 0.15) is 11.6 Å². The van der Waals surface area contributed by atoms with Crippen molar-refractivity contribution < 1.29 is 9.53 Å². The van der Waals surface area contributed by atoms with Crippen molar-refractivity contribution in [1.29, 1.82) is 0 Å². The van der Waals surface area contributed by atoms with Crippen molar-refractivity contribution in [3.63, 3.8) is 0 Å². The SMILES string of the molecule is Cn1c(CCNC(=O)C2CC23CCN(Cc2ccc4c(c2)CCO4)CC3)nc2ccccc21. The number of carbonyl (C=O) groups is 1. The quantitative estimate of drug-likeness (QED) is 0.633. The summed E-state index contributed by atoms with van der Waals surface area (Å²) in [5, 5.41) is 3.19. The third kappa shape index (κ3) is 3.90. The fourth-order valence-corrected chi connectivity index (χ4v) is 5.86. The van der Waals surface area contributed by atoms with Crippen LogP contribution in [-0.4, -0.2) is 46.6 Å². The number of aryl methyl sites for hydroxylation is 1. The molecular formula is C27H32N4O2. The summed E-state index contributed by atoms with van der Waals surface area (Å²) in [4.78, 5) is 20.1. The minimum atomic E-state index is 0.192. The van der Waals surface area contributed by atoms with Crippen LogP contribution in [0.5, 0.6) is 5.75 Å². The Labute approximate surface area is 194 Å². The van der Waals surface area contributed by atoms with E-state index in [1.807, 2.05) is 25.2 Å².